The lowest BCUT2D eigenvalue weighted by atomic mass is 10.1. The van der Waals surface area contributed by atoms with E-state index in [9.17, 15) is 4.91 Å². The van der Waals surface area contributed by atoms with Crippen molar-refractivity contribution in [3.05, 3.63) is 4.91 Å². The van der Waals surface area contributed by atoms with E-state index in [2.05, 4.69) is 31.8 Å². The summed E-state index contributed by atoms with van der Waals surface area (Å²) in [5.74, 6) is 0.961. The molecule has 2 saturated heterocycles. The highest BCUT2D eigenvalue weighted by molar-refractivity contribution is 8.44. The first-order chi connectivity index (χ1) is 8.31. The van der Waals surface area contributed by atoms with Gasteiger partial charge in [-0.1, -0.05) is 0 Å². The van der Waals surface area contributed by atoms with Gasteiger partial charge in [-0.15, -0.1) is 17.2 Å². The Hall–Kier alpha value is -0.350. The first-order valence-corrected chi connectivity index (χ1v) is 8.62. The maximum atomic E-state index is 10.5. The van der Waals surface area contributed by atoms with E-state index in [1.165, 1.54) is 32.1 Å². The van der Waals surface area contributed by atoms with Gasteiger partial charge in [0.05, 0.1) is 0 Å². The van der Waals surface area contributed by atoms with Crippen molar-refractivity contribution in [3.8, 4) is 0 Å². The van der Waals surface area contributed by atoms with Crippen LogP contribution < -0.4 is 0 Å². The molecule has 0 N–H and O–H groups in total. The van der Waals surface area contributed by atoms with Gasteiger partial charge in [0.25, 0.3) is 0 Å². The van der Waals surface area contributed by atoms with Gasteiger partial charge < -0.3 is 9.80 Å². The highest BCUT2D eigenvalue weighted by Gasteiger charge is 2.24. The smallest absolute Gasteiger partial charge is 0.247 e. The molecule has 2 rings (SSSR count). The van der Waals surface area contributed by atoms with E-state index in [0.717, 1.165) is 32.1 Å². The highest BCUT2D eigenvalue weighted by Crippen LogP contribution is 2.44. The summed E-state index contributed by atoms with van der Waals surface area (Å²) >= 11 is 4.13. The molecule has 7 heteroatoms. The molecular weight excluding hydrogens is 255 g/mol. The Labute approximate surface area is 109 Å². The molecule has 2 aliphatic rings. The summed E-state index contributed by atoms with van der Waals surface area (Å²) in [6.45, 7) is 4.19. The van der Waals surface area contributed by atoms with Gasteiger partial charge in [-0.05, 0) is 37.1 Å². The molecule has 0 aromatic carbocycles. The molecule has 0 amide bonds. The van der Waals surface area contributed by atoms with Gasteiger partial charge >= 0.3 is 0 Å². The maximum absolute atomic E-state index is 10.5. The normalized spacial score (nSPS) is 23.9. The zero-order valence-corrected chi connectivity index (χ0v) is 11.7. The molecule has 2 heterocycles. The maximum Gasteiger partial charge on any atom is 0.247 e. The van der Waals surface area contributed by atoms with Crippen molar-refractivity contribution in [3.63, 3.8) is 0 Å². The minimum absolute atomic E-state index is 0.961. The summed E-state index contributed by atoms with van der Waals surface area (Å²) in [4.78, 5) is 18.0. The van der Waals surface area contributed by atoms with Crippen molar-refractivity contribution < 1.29 is 0 Å². The molecule has 17 heavy (non-hydrogen) atoms. The first kappa shape index (κ1) is 13.1. The monoisotopic (exact) mass is 274 g/mol. The third kappa shape index (κ3) is 3.55. The molecule has 96 valence electrons. The standard InChI is InChI=1S/C10H19N4OPS/c15-12-16(17)11-10(14-8-4-5-9-14)13-6-2-1-3-7-13/h17H,1-9H2/b11-10-. The van der Waals surface area contributed by atoms with Gasteiger partial charge in [-0.2, -0.15) is 4.76 Å². The fraction of sp³-hybridized carbons (Fsp3) is 0.900. The Bertz CT molecular complexity index is 290. The number of piperidine rings is 1. The average Bonchev–Trinajstić information content (AvgIpc) is 2.90. The van der Waals surface area contributed by atoms with E-state index in [4.69, 9.17) is 0 Å². The topological polar surface area (TPSA) is 48.3 Å². The molecule has 5 nitrogen and oxygen atoms in total. The Morgan fingerprint density at radius 2 is 1.41 bits per heavy atom. The van der Waals surface area contributed by atoms with E-state index in [1.54, 1.807) is 0 Å². The van der Waals surface area contributed by atoms with Crippen molar-refractivity contribution in [1.29, 1.82) is 0 Å². The number of guanidine groups is 1. The first-order valence-electron chi connectivity index (χ1n) is 6.22. The van der Waals surface area contributed by atoms with Crippen LogP contribution in [0.1, 0.15) is 32.1 Å². The number of likely N-dealkylation sites (tertiary alicyclic amines) is 2. The predicted octanol–water partition coefficient (Wildman–Crippen LogP) is 2.85. The molecule has 0 bridgehead atoms. The number of rotatable bonds is 2. The van der Waals surface area contributed by atoms with Crippen LogP contribution in [0.5, 0.6) is 0 Å². The molecule has 0 spiro atoms. The summed E-state index contributed by atoms with van der Waals surface area (Å²) in [5, 5.41) is 0. The van der Waals surface area contributed by atoms with Crippen molar-refractivity contribution in [2.24, 2.45) is 9.71 Å². The van der Waals surface area contributed by atoms with Crippen molar-refractivity contribution in [1.82, 2.24) is 9.80 Å². The zero-order chi connectivity index (χ0) is 12.1. The van der Waals surface area contributed by atoms with E-state index in [-0.39, 0.29) is 0 Å². The molecule has 2 fully saturated rings. The van der Waals surface area contributed by atoms with Crippen LogP contribution in [0.25, 0.3) is 0 Å². The predicted molar refractivity (Wildman–Crippen MR) is 75.4 cm³/mol. The van der Waals surface area contributed by atoms with Crippen LogP contribution in [0.15, 0.2) is 9.71 Å². The molecule has 0 radical (unpaired) electrons. The summed E-state index contributed by atoms with van der Waals surface area (Å²) < 4.78 is 4.42. The Kier molecular flexibility index (Phi) is 5.04. The van der Waals surface area contributed by atoms with Crippen LogP contribution in [0.2, 0.25) is 0 Å². The molecule has 1 atom stereocenters. The summed E-state index contributed by atoms with van der Waals surface area (Å²) in [7, 11) is -1.39. The summed E-state index contributed by atoms with van der Waals surface area (Å²) in [6.07, 6.45) is 6.15. The highest BCUT2D eigenvalue weighted by atomic mass is 32.7. The summed E-state index contributed by atoms with van der Waals surface area (Å²) in [6, 6.07) is 0. The third-order valence-electron chi connectivity index (χ3n) is 3.28. The van der Waals surface area contributed by atoms with Crippen LogP contribution in [0.4, 0.5) is 0 Å². The van der Waals surface area contributed by atoms with Gasteiger partial charge in [0.2, 0.25) is 13.4 Å². The fourth-order valence-electron chi connectivity index (χ4n) is 2.44. The largest absolute Gasteiger partial charge is 0.343 e. The minimum Gasteiger partial charge on any atom is -0.343 e. The SMILES string of the molecule is O=NP(S)/N=C(/N1CCCCC1)N1CCCC1. The number of nitroso groups, excluding NO2 is 1. The lowest BCUT2D eigenvalue weighted by molar-refractivity contribution is 0.298. The molecule has 0 aliphatic carbocycles. The second-order valence-corrected chi connectivity index (χ2v) is 6.47. The zero-order valence-electron chi connectivity index (χ0n) is 9.96. The number of thiol groups is 1. The molecule has 1 unspecified atom stereocenters. The van der Waals surface area contributed by atoms with Gasteiger partial charge in [0.1, 0.15) is 0 Å². The second kappa shape index (κ2) is 6.55. The number of hydrogen-bond acceptors (Lipinski definition) is 4. The van der Waals surface area contributed by atoms with Crippen LogP contribution in [0.3, 0.4) is 0 Å². The molecular formula is C10H19N4OPS. The second-order valence-electron chi connectivity index (χ2n) is 4.49. The van der Waals surface area contributed by atoms with Gasteiger partial charge in [0, 0.05) is 26.2 Å². The average molecular weight is 274 g/mol. The van der Waals surface area contributed by atoms with Crippen molar-refractivity contribution >= 4 is 25.6 Å². The lowest BCUT2D eigenvalue weighted by Crippen LogP contribution is -2.45. The van der Waals surface area contributed by atoms with Crippen LogP contribution in [0, 0.1) is 4.91 Å². The third-order valence-corrected chi connectivity index (χ3v) is 4.27. The van der Waals surface area contributed by atoms with Crippen LogP contribution in [-0.4, -0.2) is 41.9 Å². The molecule has 0 aromatic rings. The van der Waals surface area contributed by atoms with Crippen LogP contribution in [-0.2, 0) is 0 Å². The number of hydrogen-bond donors (Lipinski definition) is 1. The van der Waals surface area contributed by atoms with E-state index >= 15 is 0 Å². The quantitative estimate of drug-likeness (QED) is 0.277. The summed E-state index contributed by atoms with van der Waals surface area (Å²) in [5.41, 5.74) is 0. The lowest BCUT2D eigenvalue weighted by Gasteiger charge is -2.34. The minimum atomic E-state index is -1.39. The van der Waals surface area contributed by atoms with Gasteiger partial charge in [-0.3, -0.25) is 0 Å². The molecule has 0 saturated carbocycles. The van der Waals surface area contributed by atoms with Gasteiger partial charge in [0.15, 0.2) is 0 Å². The Morgan fingerprint density at radius 1 is 0.941 bits per heavy atom. The Balaban J connectivity index is 2.09. The van der Waals surface area contributed by atoms with Gasteiger partial charge in [-0.25, -0.2) is 0 Å². The molecule has 2 aliphatic heterocycles. The Morgan fingerprint density at radius 3 is 1.88 bits per heavy atom. The van der Waals surface area contributed by atoms with E-state index in [1.807, 2.05) is 0 Å². The van der Waals surface area contributed by atoms with Crippen molar-refractivity contribution in [2.75, 3.05) is 26.2 Å². The van der Waals surface area contributed by atoms with E-state index in [0.29, 0.717) is 0 Å². The van der Waals surface area contributed by atoms with E-state index < -0.39 is 7.42 Å². The van der Waals surface area contributed by atoms with Crippen molar-refractivity contribution in [2.45, 2.75) is 32.1 Å². The number of nitrogens with zero attached hydrogens (tertiary/aromatic N) is 4. The fourth-order valence-corrected chi connectivity index (χ4v) is 3.13. The molecule has 0 aromatic heterocycles. The van der Waals surface area contributed by atoms with Crippen LogP contribution >= 0.6 is 19.7 Å².